The predicted octanol–water partition coefficient (Wildman–Crippen LogP) is 4.54. The van der Waals surface area contributed by atoms with Gasteiger partial charge in [-0.05, 0) is 57.5 Å². The number of halogens is 1. The van der Waals surface area contributed by atoms with Crippen molar-refractivity contribution in [3.8, 4) is 11.5 Å². The molecule has 0 aliphatic carbocycles. The number of nitrogens with zero attached hydrogens (tertiary/aromatic N) is 4. The maximum atomic E-state index is 13.1. The number of amides is 1. The highest BCUT2D eigenvalue weighted by Crippen LogP contribution is 2.23. The molecule has 1 atom stereocenters. The molecule has 4 aromatic rings. The maximum absolute atomic E-state index is 13.1. The van der Waals surface area contributed by atoms with Crippen LogP contribution in [0.4, 0.5) is 4.39 Å². The van der Waals surface area contributed by atoms with Gasteiger partial charge in [0, 0.05) is 5.56 Å². The molecule has 0 radical (unpaired) electrons. The Bertz CT molecular complexity index is 1240. The van der Waals surface area contributed by atoms with Gasteiger partial charge in [0.05, 0.1) is 18.3 Å². The van der Waals surface area contributed by atoms with Crippen LogP contribution in [-0.4, -0.2) is 25.9 Å². The number of hydrogen-bond acceptors (Lipinski definition) is 5. The Labute approximate surface area is 185 Å². The van der Waals surface area contributed by atoms with E-state index < -0.39 is 0 Å². The van der Waals surface area contributed by atoms with Crippen molar-refractivity contribution < 1.29 is 13.6 Å². The zero-order valence-corrected chi connectivity index (χ0v) is 18.4. The van der Waals surface area contributed by atoms with Gasteiger partial charge in [0.25, 0.3) is 5.91 Å². The number of nitrogens with one attached hydrogen (secondary N) is 1. The van der Waals surface area contributed by atoms with Gasteiger partial charge in [0.1, 0.15) is 17.3 Å². The van der Waals surface area contributed by atoms with Gasteiger partial charge in [0.2, 0.25) is 5.89 Å². The van der Waals surface area contributed by atoms with E-state index in [1.54, 1.807) is 23.7 Å². The molecular formula is C24H24FN5O2. The van der Waals surface area contributed by atoms with Crippen molar-refractivity contribution in [1.29, 1.82) is 0 Å². The van der Waals surface area contributed by atoms with Gasteiger partial charge in [-0.3, -0.25) is 4.79 Å². The third-order valence-corrected chi connectivity index (χ3v) is 5.41. The molecule has 32 heavy (non-hydrogen) atoms. The molecule has 0 aliphatic rings. The first kappa shape index (κ1) is 21.4. The van der Waals surface area contributed by atoms with Crippen molar-refractivity contribution in [2.75, 3.05) is 0 Å². The Hall–Kier alpha value is -3.81. The maximum Gasteiger partial charge on any atom is 0.274 e. The quantitative estimate of drug-likeness (QED) is 0.483. The second kappa shape index (κ2) is 8.74. The van der Waals surface area contributed by atoms with E-state index in [-0.39, 0.29) is 23.5 Å². The average molecular weight is 433 g/mol. The molecule has 1 N–H and O–H groups in total. The van der Waals surface area contributed by atoms with Crippen LogP contribution in [0.2, 0.25) is 0 Å². The molecule has 2 heterocycles. The van der Waals surface area contributed by atoms with E-state index in [9.17, 15) is 9.18 Å². The lowest BCUT2D eigenvalue weighted by molar-refractivity contribution is 0.0934. The number of rotatable bonds is 6. The summed E-state index contributed by atoms with van der Waals surface area (Å²) in [4.78, 5) is 17.3. The van der Waals surface area contributed by atoms with E-state index in [0.717, 1.165) is 22.4 Å². The number of carbonyl (C=O) groups excluding carboxylic acids is 1. The number of oxazole rings is 1. The monoisotopic (exact) mass is 433 g/mol. The van der Waals surface area contributed by atoms with E-state index in [4.69, 9.17) is 4.42 Å². The molecule has 164 valence electrons. The van der Waals surface area contributed by atoms with E-state index in [1.807, 2.05) is 45.0 Å². The topological polar surface area (TPSA) is 85.8 Å². The summed E-state index contributed by atoms with van der Waals surface area (Å²) in [5.74, 6) is 0.565. The molecule has 0 fully saturated rings. The minimum atomic E-state index is -0.345. The third-order valence-electron chi connectivity index (χ3n) is 5.41. The number of aromatic nitrogens is 4. The molecule has 0 bridgehead atoms. The zero-order chi connectivity index (χ0) is 22.8. The average Bonchev–Trinajstić information content (AvgIpc) is 3.32. The summed E-state index contributed by atoms with van der Waals surface area (Å²) in [6, 6.07) is 13.7. The van der Waals surface area contributed by atoms with E-state index >= 15 is 0 Å². The summed E-state index contributed by atoms with van der Waals surface area (Å²) < 4.78 is 20.6. The van der Waals surface area contributed by atoms with Crippen LogP contribution in [0.1, 0.15) is 51.7 Å². The Kier molecular flexibility index (Phi) is 5.85. The second-order valence-corrected chi connectivity index (χ2v) is 7.82. The van der Waals surface area contributed by atoms with Gasteiger partial charge < -0.3 is 9.73 Å². The fourth-order valence-corrected chi connectivity index (χ4v) is 3.36. The minimum absolute atomic E-state index is 0.235. The molecule has 0 unspecified atom stereocenters. The van der Waals surface area contributed by atoms with E-state index in [2.05, 4.69) is 20.6 Å². The lowest BCUT2D eigenvalue weighted by atomic mass is 10.1. The summed E-state index contributed by atoms with van der Waals surface area (Å²) in [7, 11) is 0. The highest BCUT2D eigenvalue weighted by molar-refractivity contribution is 5.93. The number of hydrogen-bond donors (Lipinski definition) is 1. The van der Waals surface area contributed by atoms with Crippen molar-refractivity contribution >= 4 is 5.91 Å². The van der Waals surface area contributed by atoms with Crippen LogP contribution in [-0.2, 0) is 6.54 Å². The molecule has 8 heteroatoms. The Balaban J connectivity index is 1.49. The van der Waals surface area contributed by atoms with Gasteiger partial charge in [-0.1, -0.05) is 35.0 Å². The molecule has 2 aromatic carbocycles. The third kappa shape index (κ3) is 4.44. The smallest absolute Gasteiger partial charge is 0.274 e. The van der Waals surface area contributed by atoms with E-state index in [0.29, 0.717) is 23.9 Å². The van der Waals surface area contributed by atoms with Crippen LogP contribution in [0, 0.1) is 26.6 Å². The standard InChI is InChI=1S/C24H24FN5O2/c1-14-5-7-19(8-6-14)24-27-21(17(4)32-24)13-30-16(3)22(28-29-30)23(31)26-15(2)18-9-11-20(25)12-10-18/h5-12,15H,13H2,1-4H3,(H,26,31)/t15-/m0/s1. The van der Waals surface area contributed by atoms with Gasteiger partial charge in [0.15, 0.2) is 5.69 Å². The highest BCUT2D eigenvalue weighted by Gasteiger charge is 2.20. The van der Waals surface area contributed by atoms with Crippen LogP contribution in [0.25, 0.3) is 11.5 Å². The van der Waals surface area contributed by atoms with Crippen LogP contribution in [0.3, 0.4) is 0 Å². The lowest BCUT2D eigenvalue weighted by Crippen LogP contribution is -2.27. The second-order valence-electron chi connectivity index (χ2n) is 7.82. The van der Waals surface area contributed by atoms with Gasteiger partial charge in [-0.15, -0.1) is 5.10 Å². The first-order valence-corrected chi connectivity index (χ1v) is 10.3. The molecule has 1 amide bonds. The molecule has 0 spiro atoms. The number of aryl methyl sites for hydroxylation is 2. The first-order valence-electron chi connectivity index (χ1n) is 10.3. The molecule has 4 rings (SSSR count). The van der Waals surface area contributed by atoms with Crippen LogP contribution >= 0.6 is 0 Å². The Morgan fingerprint density at radius 2 is 1.78 bits per heavy atom. The fraction of sp³-hybridized carbons (Fsp3) is 0.250. The van der Waals surface area contributed by atoms with Crippen LogP contribution < -0.4 is 5.32 Å². The largest absolute Gasteiger partial charge is 0.441 e. The van der Waals surface area contributed by atoms with Crippen LogP contribution in [0.5, 0.6) is 0 Å². The zero-order valence-electron chi connectivity index (χ0n) is 18.4. The summed E-state index contributed by atoms with van der Waals surface area (Å²) in [6.07, 6.45) is 0. The fourth-order valence-electron chi connectivity index (χ4n) is 3.36. The van der Waals surface area contributed by atoms with E-state index in [1.165, 1.54) is 12.1 Å². The van der Waals surface area contributed by atoms with Gasteiger partial charge >= 0.3 is 0 Å². The van der Waals surface area contributed by atoms with Crippen molar-refractivity contribution in [2.45, 2.75) is 40.3 Å². The van der Waals surface area contributed by atoms with Crippen LogP contribution in [0.15, 0.2) is 52.9 Å². The number of carbonyl (C=O) groups is 1. The van der Waals surface area contributed by atoms with Crippen molar-refractivity contribution in [3.63, 3.8) is 0 Å². The van der Waals surface area contributed by atoms with Crippen molar-refractivity contribution in [3.05, 3.63) is 88.3 Å². The summed E-state index contributed by atoms with van der Waals surface area (Å²) in [5.41, 5.74) is 4.43. The number of benzene rings is 2. The first-order chi connectivity index (χ1) is 15.3. The summed E-state index contributed by atoms with van der Waals surface area (Å²) >= 11 is 0. The Morgan fingerprint density at radius 3 is 2.47 bits per heavy atom. The predicted molar refractivity (Wildman–Crippen MR) is 118 cm³/mol. The Morgan fingerprint density at radius 1 is 1.09 bits per heavy atom. The van der Waals surface area contributed by atoms with Gasteiger partial charge in [-0.2, -0.15) is 0 Å². The molecule has 7 nitrogen and oxygen atoms in total. The normalized spacial score (nSPS) is 12.0. The summed E-state index contributed by atoms with van der Waals surface area (Å²) in [5, 5.41) is 11.1. The molecule has 2 aromatic heterocycles. The SMILES string of the molecule is Cc1ccc(-c2nc(Cn3nnc(C(=O)N[C@@H](C)c4ccc(F)cc4)c3C)c(C)o2)cc1. The summed E-state index contributed by atoms with van der Waals surface area (Å²) in [6.45, 7) is 7.83. The van der Waals surface area contributed by atoms with Gasteiger partial charge in [-0.25, -0.2) is 14.1 Å². The molecular weight excluding hydrogens is 409 g/mol. The lowest BCUT2D eigenvalue weighted by Gasteiger charge is -2.13. The van der Waals surface area contributed by atoms with Crippen molar-refractivity contribution in [1.82, 2.24) is 25.3 Å². The van der Waals surface area contributed by atoms with Crippen molar-refractivity contribution in [2.24, 2.45) is 0 Å². The minimum Gasteiger partial charge on any atom is -0.441 e. The highest BCUT2D eigenvalue weighted by atomic mass is 19.1. The molecule has 0 saturated heterocycles. The molecule has 0 saturated carbocycles. The molecule has 0 aliphatic heterocycles.